The highest BCUT2D eigenvalue weighted by Gasteiger charge is 2.22. The highest BCUT2D eigenvalue weighted by Crippen LogP contribution is 2.09. The zero-order valence-corrected chi connectivity index (χ0v) is 16.9. The molecule has 1 saturated heterocycles. The van der Waals surface area contributed by atoms with Crippen LogP contribution in [0.3, 0.4) is 0 Å². The van der Waals surface area contributed by atoms with E-state index in [2.05, 4.69) is 40.0 Å². The molecule has 0 saturated carbocycles. The van der Waals surface area contributed by atoms with Crippen molar-refractivity contribution in [2.75, 3.05) is 26.7 Å². The van der Waals surface area contributed by atoms with Gasteiger partial charge in [-0.25, -0.2) is 0 Å². The van der Waals surface area contributed by atoms with Crippen LogP contribution in [0.1, 0.15) is 27.0 Å². The van der Waals surface area contributed by atoms with Gasteiger partial charge in [-0.3, -0.25) is 14.6 Å². The van der Waals surface area contributed by atoms with Crippen molar-refractivity contribution >= 4 is 17.8 Å². The smallest absolute Gasteiger partial charge is 0.254 e. The average molecular weight is 393 g/mol. The molecule has 152 valence electrons. The number of nitrogens with zero attached hydrogens (tertiary/aromatic N) is 2. The summed E-state index contributed by atoms with van der Waals surface area (Å²) in [6.07, 6.45) is 0. The van der Waals surface area contributed by atoms with Crippen LogP contribution in [-0.4, -0.2) is 49.4 Å². The molecule has 1 fully saturated rings. The van der Waals surface area contributed by atoms with E-state index in [0.29, 0.717) is 37.7 Å². The van der Waals surface area contributed by atoms with Gasteiger partial charge in [-0.2, -0.15) is 0 Å². The van der Waals surface area contributed by atoms with Gasteiger partial charge in [-0.05, 0) is 35.7 Å². The Morgan fingerprint density at radius 1 is 1.10 bits per heavy atom. The third kappa shape index (κ3) is 5.57. The minimum Gasteiger partial charge on any atom is -0.353 e. The first kappa shape index (κ1) is 20.4. The van der Waals surface area contributed by atoms with Crippen molar-refractivity contribution in [3.8, 4) is 0 Å². The molecule has 3 rings (SSSR count). The molecule has 1 aliphatic rings. The number of aliphatic imine (C=N–C) groups is 1. The van der Waals surface area contributed by atoms with Crippen LogP contribution in [0.25, 0.3) is 0 Å². The van der Waals surface area contributed by atoms with Gasteiger partial charge in [0, 0.05) is 38.8 Å². The molecule has 1 heterocycles. The van der Waals surface area contributed by atoms with Gasteiger partial charge in [-0.15, -0.1) is 0 Å². The maximum absolute atomic E-state index is 12.5. The zero-order chi connectivity index (χ0) is 20.6. The number of nitrogens with one attached hydrogen (secondary N) is 3. The molecule has 1 aliphatic heterocycles. The Labute approximate surface area is 171 Å². The number of guanidine groups is 1. The number of carbonyl (C=O) groups is 2. The number of hydrogen-bond donors (Lipinski definition) is 3. The molecule has 0 aliphatic carbocycles. The van der Waals surface area contributed by atoms with Crippen molar-refractivity contribution in [1.29, 1.82) is 0 Å². The summed E-state index contributed by atoms with van der Waals surface area (Å²) in [5.74, 6) is 0.484. The number of piperazine rings is 1. The molecule has 0 aromatic heterocycles. The van der Waals surface area contributed by atoms with E-state index >= 15 is 0 Å². The van der Waals surface area contributed by atoms with E-state index in [1.165, 1.54) is 11.1 Å². The highest BCUT2D eigenvalue weighted by atomic mass is 16.2. The molecule has 0 spiro atoms. The summed E-state index contributed by atoms with van der Waals surface area (Å²) in [6.45, 7) is 4.53. The predicted molar refractivity (Wildman–Crippen MR) is 114 cm³/mol. The van der Waals surface area contributed by atoms with Crippen LogP contribution in [0.2, 0.25) is 0 Å². The van der Waals surface area contributed by atoms with Gasteiger partial charge in [0.1, 0.15) is 0 Å². The van der Waals surface area contributed by atoms with Gasteiger partial charge in [0.15, 0.2) is 5.96 Å². The first-order chi connectivity index (χ1) is 14.1. The Balaban J connectivity index is 1.51. The van der Waals surface area contributed by atoms with E-state index in [-0.39, 0.29) is 18.4 Å². The maximum Gasteiger partial charge on any atom is 0.254 e. The van der Waals surface area contributed by atoms with E-state index in [9.17, 15) is 9.59 Å². The summed E-state index contributed by atoms with van der Waals surface area (Å²) >= 11 is 0. The number of aryl methyl sites for hydroxylation is 1. The Morgan fingerprint density at radius 2 is 1.83 bits per heavy atom. The summed E-state index contributed by atoms with van der Waals surface area (Å²) in [6, 6.07) is 15.7. The molecular formula is C22H27N5O2. The summed E-state index contributed by atoms with van der Waals surface area (Å²) in [5.41, 5.74) is 4.09. The Kier molecular flexibility index (Phi) is 6.84. The minimum atomic E-state index is -0.116. The van der Waals surface area contributed by atoms with Crippen LogP contribution in [-0.2, 0) is 17.9 Å². The fourth-order valence-corrected chi connectivity index (χ4v) is 3.15. The fourth-order valence-electron chi connectivity index (χ4n) is 3.15. The SMILES string of the molecule is CN=C(NCc1ccc(C(=O)N2CCNC(=O)C2)cc1)NCc1ccccc1C. The first-order valence-corrected chi connectivity index (χ1v) is 9.71. The lowest BCUT2D eigenvalue weighted by Crippen LogP contribution is -2.49. The van der Waals surface area contributed by atoms with Gasteiger partial charge in [0.2, 0.25) is 5.91 Å². The number of carbonyl (C=O) groups excluding carboxylic acids is 2. The molecule has 7 nitrogen and oxygen atoms in total. The molecular weight excluding hydrogens is 366 g/mol. The molecule has 2 amide bonds. The number of rotatable bonds is 5. The second kappa shape index (κ2) is 9.73. The van der Waals surface area contributed by atoms with Crippen molar-refractivity contribution < 1.29 is 9.59 Å². The Morgan fingerprint density at radius 3 is 2.52 bits per heavy atom. The summed E-state index contributed by atoms with van der Waals surface area (Å²) < 4.78 is 0. The van der Waals surface area contributed by atoms with E-state index in [1.807, 2.05) is 24.3 Å². The van der Waals surface area contributed by atoms with Gasteiger partial charge < -0.3 is 20.9 Å². The van der Waals surface area contributed by atoms with Crippen LogP contribution >= 0.6 is 0 Å². The zero-order valence-electron chi connectivity index (χ0n) is 16.9. The lowest BCUT2D eigenvalue weighted by atomic mass is 10.1. The lowest BCUT2D eigenvalue weighted by Gasteiger charge is -2.26. The third-order valence-electron chi connectivity index (χ3n) is 4.92. The van der Waals surface area contributed by atoms with Crippen LogP contribution in [0.15, 0.2) is 53.5 Å². The van der Waals surface area contributed by atoms with E-state index in [4.69, 9.17) is 0 Å². The standard InChI is InChI=1S/C22H27N5O2/c1-16-5-3-4-6-19(16)14-26-22(23-2)25-13-17-7-9-18(10-8-17)21(29)27-12-11-24-20(28)15-27/h3-10H,11-15H2,1-2H3,(H,24,28)(H2,23,25,26). The van der Waals surface area contributed by atoms with E-state index in [0.717, 1.165) is 5.56 Å². The summed E-state index contributed by atoms with van der Waals surface area (Å²) in [7, 11) is 1.74. The van der Waals surface area contributed by atoms with Gasteiger partial charge >= 0.3 is 0 Å². The molecule has 0 bridgehead atoms. The molecule has 2 aromatic carbocycles. The van der Waals surface area contributed by atoms with Crippen molar-refractivity contribution in [2.45, 2.75) is 20.0 Å². The van der Waals surface area contributed by atoms with E-state index in [1.54, 1.807) is 24.1 Å². The molecule has 0 radical (unpaired) electrons. The van der Waals surface area contributed by atoms with Crippen molar-refractivity contribution in [1.82, 2.24) is 20.9 Å². The fraction of sp³-hybridized carbons (Fsp3) is 0.318. The average Bonchev–Trinajstić information content (AvgIpc) is 2.75. The molecule has 0 atom stereocenters. The predicted octanol–water partition coefficient (Wildman–Crippen LogP) is 1.43. The first-order valence-electron chi connectivity index (χ1n) is 9.71. The topological polar surface area (TPSA) is 85.8 Å². The second-order valence-electron chi connectivity index (χ2n) is 6.98. The lowest BCUT2D eigenvalue weighted by molar-refractivity contribution is -0.123. The van der Waals surface area contributed by atoms with Crippen molar-refractivity contribution in [2.24, 2.45) is 4.99 Å². The number of amides is 2. The van der Waals surface area contributed by atoms with Crippen LogP contribution in [0.5, 0.6) is 0 Å². The quantitative estimate of drug-likeness (QED) is 0.530. The van der Waals surface area contributed by atoms with Crippen molar-refractivity contribution in [3.05, 3.63) is 70.8 Å². The highest BCUT2D eigenvalue weighted by molar-refractivity contribution is 5.97. The van der Waals surface area contributed by atoms with Gasteiger partial charge in [-0.1, -0.05) is 36.4 Å². The van der Waals surface area contributed by atoms with Crippen LogP contribution in [0, 0.1) is 6.92 Å². The summed E-state index contributed by atoms with van der Waals surface area (Å²) in [5, 5.41) is 9.32. The molecule has 3 N–H and O–H groups in total. The second-order valence-corrected chi connectivity index (χ2v) is 6.98. The number of hydrogen-bond acceptors (Lipinski definition) is 3. The normalized spacial score (nSPS) is 14.3. The third-order valence-corrected chi connectivity index (χ3v) is 4.92. The number of benzene rings is 2. The maximum atomic E-state index is 12.5. The van der Waals surface area contributed by atoms with Crippen LogP contribution in [0.4, 0.5) is 0 Å². The van der Waals surface area contributed by atoms with Crippen molar-refractivity contribution in [3.63, 3.8) is 0 Å². The van der Waals surface area contributed by atoms with Gasteiger partial charge in [0.25, 0.3) is 5.91 Å². The minimum absolute atomic E-state index is 0.116. The molecule has 29 heavy (non-hydrogen) atoms. The monoisotopic (exact) mass is 393 g/mol. The molecule has 7 heteroatoms. The van der Waals surface area contributed by atoms with Crippen LogP contribution < -0.4 is 16.0 Å². The summed E-state index contributed by atoms with van der Waals surface area (Å²) in [4.78, 5) is 29.8. The van der Waals surface area contributed by atoms with Gasteiger partial charge in [0.05, 0.1) is 6.54 Å². The van der Waals surface area contributed by atoms with E-state index < -0.39 is 0 Å². The Bertz CT molecular complexity index is 892. The molecule has 2 aromatic rings. The Hall–Kier alpha value is -3.35. The molecule has 0 unspecified atom stereocenters. The largest absolute Gasteiger partial charge is 0.353 e.